The van der Waals surface area contributed by atoms with E-state index in [0.717, 1.165) is 19.7 Å². The number of thiophene rings is 1. The average molecular weight is 241 g/mol. The summed E-state index contributed by atoms with van der Waals surface area (Å²) in [6, 6.07) is 2.26. The summed E-state index contributed by atoms with van der Waals surface area (Å²) in [7, 11) is 0. The lowest BCUT2D eigenvalue weighted by Crippen LogP contribution is -2.37. The summed E-state index contributed by atoms with van der Waals surface area (Å²) >= 11 is 1.87. The molecule has 0 fully saturated rings. The van der Waals surface area contributed by atoms with Gasteiger partial charge in [-0.15, -0.1) is 11.3 Å². The van der Waals surface area contributed by atoms with Gasteiger partial charge in [-0.2, -0.15) is 0 Å². The van der Waals surface area contributed by atoms with Gasteiger partial charge in [0, 0.05) is 29.5 Å². The lowest BCUT2D eigenvalue weighted by molar-refractivity contribution is -0.00897. The van der Waals surface area contributed by atoms with E-state index in [-0.39, 0.29) is 5.60 Å². The van der Waals surface area contributed by atoms with Gasteiger partial charge in [0.15, 0.2) is 0 Å². The molecule has 0 aliphatic rings. The van der Waals surface area contributed by atoms with Gasteiger partial charge in [0.05, 0.1) is 5.60 Å². The van der Waals surface area contributed by atoms with Crippen molar-refractivity contribution in [3.05, 3.63) is 21.4 Å². The van der Waals surface area contributed by atoms with Crippen molar-refractivity contribution < 1.29 is 4.74 Å². The quantitative estimate of drug-likeness (QED) is 0.825. The van der Waals surface area contributed by atoms with Crippen molar-refractivity contribution >= 4 is 11.3 Å². The van der Waals surface area contributed by atoms with E-state index in [9.17, 15) is 0 Å². The van der Waals surface area contributed by atoms with E-state index < -0.39 is 0 Å². The Balaban J connectivity index is 2.38. The van der Waals surface area contributed by atoms with Crippen LogP contribution in [0.2, 0.25) is 0 Å². The largest absolute Gasteiger partial charge is 0.375 e. The van der Waals surface area contributed by atoms with Crippen LogP contribution in [0.25, 0.3) is 0 Å². The van der Waals surface area contributed by atoms with E-state index in [1.165, 1.54) is 15.3 Å². The third-order valence-corrected chi connectivity index (χ3v) is 3.55. The van der Waals surface area contributed by atoms with Crippen LogP contribution in [0.3, 0.4) is 0 Å². The maximum absolute atomic E-state index is 5.64. The Morgan fingerprint density at radius 2 is 2.06 bits per heavy atom. The molecule has 0 saturated heterocycles. The third kappa shape index (κ3) is 4.24. The highest BCUT2D eigenvalue weighted by atomic mass is 32.1. The van der Waals surface area contributed by atoms with E-state index in [1.54, 1.807) is 0 Å². The highest BCUT2D eigenvalue weighted by Gasteiger charge is 2.16. The van der Waals surface area contributed by atoms with Crippen LogP contribution in [-0.2, 0) is 11.3 Å². The van der Waals surface area contributed by atoms with E-state index >= 15 is 0 Å². The second-order valence-corrected chi connectivity index (χ2v) is 6.20. The van der Waals surface area contributed by atoms with Gasteiger partial charge in [0.1, 0.15) is 0 Å². The zero-order chi connectivity index (χ0) is 12.2. The van der Waals surface area contributed by atoms with Crippen LogP contribution >= 0.6 is 11.3 Å². The van der Waals surface area contributed by atoms with Gasteiger partial charge in [0.25, 0.3) is 0 Å². The second-order valence-electron chi connectivity index (χ2n) is 4.73. The molecule has 1 rings (SSSR count). The predicted octanol–water partition coefficient (Wildman–Crippen LogP) is 3.27. The molecule has 0 radical (unpaired) electrons. The van der Waals surface area contributed by atoms with Crippen LogP contribution < -0.4 is 5.32 Å². The number of ether oxygens (including phenoxy) is 1. The van der Waals surface area contributed by atoms with Crippen molar-refractivity contribution in [1.29, 1.82) is 0 Å². The van der Waals surface area contributed by atoms with Gasteiger partial charge < -0.3 is 10.1 Å². The van der Waals surface area contributed by atoms with Crippen LogP contribution in [-0.4, -0.2) is 18.8 Å². The Morgan fingerprint density at radius 3 is 2.56 bits per heavy atom. The minimum absolute atomic E-state index is 0.0757. The number of hydrogen-bond acceptors (Lipinski definition) is 3. The molecule has 0 bridgehead atoms. The molecule has 0 saturated carbocycles. The monoisotopic (exact) mass is 241 g/mol. The third-order valence-electron chi connectivity index (χ3n) is 2.55. The Kier molecular flexibility index (Phi) is 4.96. The zero-order valence-electron chi connectivity index (χ0n) is 11.0. The van der Waals surface area contributed by atoms with Gasteiger partial charge in [-0.25, -0.2) is 0 Å². The molecule has 0 aromatic carbocycles. The fourth-order valence-electron chi connectivity index (χ4n) is 1.80. The summed E-state index contributed by atoms with van der Waals surface area (Å²) in [5, 5.41) is 3.46. The molecule has 1 aromatic rings. The van der Waals surface area contributed by atoms with Gasteiger partial charge >= 0.3 is 0 Å². The fourth-order valence-corrected chi connectivity index (χ4v) is 2.75. The van der Waals surface area contributed by atoms with Crippen LogP contribution in [0.5, 0.6) is 0 Å². The molecule has 0 unspecified atom stereocenters. The van der Waals surface area contributed by atoms with Crippen LogP contribution in [0, 0.1) is 13.8 Å². The summed E-state index contributed by atoms with van der Waals surface area (Å²) in [4.78, 5) is 2.80. The zero-order valence-corrected chi connectivity index (χ0v) is 11.8. The highest BCUT2D eigenvalue weighted by molar-refractivity contribution is 7.12. The minimum atomic E-state index is -0.0757. The smallest absolute Gasteiger partial charge is 0.0750 e. The van der Waals surface area contributed by atoms with Crippen molar-refractivity contribution in [3.63, 3.8) is 0 Å². The van der Waals surface area contributed by atoms with Crippen LogP contribution in [0.1, 0.15) is 36.1 Å². The lowest BCUT2D eigenvalue weighted by atomic mass is 10.1. The first kappa shape index (κ1) is 13.7. The Bertz CT molecular complexity index is 331. The molecule has 0 atom stereocenters. The van der Waals surface area contributed by atoms with Crippen molar-refractivity contribution in [2.45, 2.75) is 46.8 Å². The maximum atomic E-state index is 5.64. The first-order valence-electron chi connectivity index (χ1n) is 5.85. The first-order valence-corrected chi connectivity index (χ1v) is 6.67. The molecule has 0 amide bonds. The van der Waals surface area contributed by atoms with Gasteiger partial charge in [-0.05, 0) is 46.2 Å². The van der Waals surface area contributed by atoms with E-state index in [1.807, 2.05) is 18.3 Å². The number of aryl methyl sites for hydroxylation is 2. The summed E-state index contributed by atoms with van der Waals surface area (Å²) in [5.41, 5.74) is 1.34. The molecule has 0 aliphatic carbocycles. The molecule has 2 nitrogen and oxygen atoms in total. The first-order chi connectivity index (χ1) is 7.44. The molecular weight excluding hydrogens is 218 g/mol. The SMILES string of the molecule is CCOC(C)(C)CNCc1cc(C)sc1C. The van der Waals surface area contributed by atoms with Crippen LogP contribution in [0.15, 0.2) is 6.07 Å². The molecule has 16 heavy (non-hydrogen) atoms. The topological polar surface area (TPSA) is 21.3 Å². The second kappa shape index (κ2) is 5.80. The molecule has 0 aliphatic heterocycles. The maximum Gasteiger partial charge on any atom is 0.0750 e. The van der Waals surface area contributed by atoms with E-state index in [2.05, 4.69) is 39.1 Å². The Hall–Kier alpha value is -0.380. The Labute approximate surface area is 103 Å². The van der Waals surface area contributed by atoms with Gasteiger partial charge in [-0.3, -0.25) is 0 Å². The van der Waals surface area contributed by atoms with Crippen LogP contribution in [0.4, 0.5) is 0 Å². The van der Waals surface area contributed by atoms with Crippen molar-refractivity contribution in [3.8, 4) is 0 Å². The molecular formula is C13H23NOS. The lowest BCUT2D eigenvalue weighted by Gasteiger charge is -2.25. The highest BCUT2D eigenvalue weighted by Crippen LogP contribution is 2.20. The molecule has 1 N–H and O–H groups in total. The Morgan fingerprint density at radius 1 is 1.38 bits per heavy atom. The average Bonchev–Trinajstić information content (AvgIpc) is 2.44. The molecule has 0 spiro atoms. The summed E-state index contributed by atoms with van der Waals surface area (Å²) in [5.74, 6) is 0. The fraction of sp³-hybridized carbons (Fsp3) is 0.692. The summed E-state index contributed by atoms with van der Waals surface area (Å²) in [6.45, 7) is 13.2. The van der Waals surface area contributed by atoms with Crippen molar-refractivity contribution in [2.75, 3.05) is 13.2 Å². The summed E-state index contributed by atoms with van der Waals surface area (Å²) in [6.07, 6.45) is 0. The molecule has 1 heterocycles. The number of hydrogen-bond donors (Lipinski definition) is 1. The minimum Gasteiger partial charge on any atom is -0.375 e. The molecule has 92 valence electrons. The molecule has 3 heteroatoms. The molecule has 1 aromatic heterocycles. The van der Waals surface area contributed by atoms with Crippen molar-refractivity contribution in [1.82, 2.24) is 5.32 Å². The number of nitrogens with one attached hydrogen (secondary N) is 1. The normalized spacial score (nSPS) is 12.1. The van der Waals surface area contributed by atoms with Gasteiger partial charge in [-0.1, -0.05) is 0 Å². The standard InChI is InChI=1S/C13H23NOS/c1-6-15-13(4,5)9-14-8-12-7-10(2)16-11(12)3/h7,14H,6,8-9H2,1-5H3. The van der Waals surface area contributed by atoms with Crippen molar-refractivity contribution in [2.24, 2.45) is 0 Å². The van der Waals surface area contributed by atoms with E-state index in [0.29, 0.717) is 0 Å². The van der Waals surface area contributed by atoms with Gasteiger partial charge in [0.2, 0.25) is 0 Å². The van der Waals surface area contributed by atoms with E-state index in [4.69, 9.17) is 4.74 Å². The number of rotatable bonds is 6. The summed E-state index contributed by atoms with van der Waals surface area (Å²) < 4.78 is 5.64. The predicted molar refractivity (Wildman–Crippen MR) is 71.2 cm³/mol.